The maximum absolute atomic E-state index is 4.58. The Morgan fingerprint density at radius 3 is 0.972 bits per heavy atom. The molecule has 7 rings (SSSR count). The van der Waals surface area contributed by atoms with Gasteiger partial charge in [0.2, 0.25) is 0 Å². The van der Waals surface area contributed by atoms with Gasteiger partial charge in [0, 0.05) is 24.3 Å². The van der Waals surface area contributed by atoms with Crippen molar-refractivity contribution in [3.05, 3.63) is 71.9 Å². The summed E-state index contributed by atoms with van der Waals surface area (Å²) < 4.78 is 8.22. The lowest BCUT2D eigenvalue weighted by atomic mass is 10.3. The zero-order valence-electron chi connectivity index (χ0n) is 19.2. The second-order valence-electron chi connectivity index (χ2n) is 8.46. The summed E-state index contributed by atoms with van der Waals surface area (Å²) in [5.41, 5.74) is 0. The number of nitrogens with zero attached hydrogens (tertiary/aromatic N) is 12. The molecule has 3 aliphatic rings. The maximum Gasteiger partial charge on any atom is 0.269 e. The lowest BCUT2D eigenvalue weighted by Gasteiger charge is -2.15. The third-order valence-corrected chi connectivity index (χ3v) is 6.40. The molecule has 36 heavy (non-hydrogen) atoms. The molecule has 0 fully saturated rings. The normalized spacial score (nSPS) is 17.6. The average molecular weight is 483 g/mol. The molecule has 0 radical (unpaired) electrons. The Morgan fingerprint density at radius 1 is 0.417 bits per heavy atom. The van der Waals surface area contributed by atoms with Gasteiger partial charge in [-0.2, -0.15) is 18.3 Å². The second kappa shape index (κ2) is 8.58. The van der Waals surface area contributed by atoms with Crippen LogP contribution in [-0.4, -0.2) is 39.9 Å². The van der Waals surface area contributed by atoms with E-state index in [4.69, 9.17) is 0 Å². The molecule has 0 aromatic carbocycles. The highest BCUT2D eigenvalue weighted by atomic mass is 15.3. The predicted octanol–water partition coefficient (Wildman–Crippen LogP) is -3.13. The summed E-state index contributed by atoms with van der Waals surface area (Å²) in [4.78, 5) is 36.4. The van der Waals surface area contributed by atoms with E-state index in [1.54, 1.807) is 25.3 Å². The highest BCUT2D eigenvalue weighted by Gasteiger charge is 2.28. The second-order valence-corrected chi connectivity index (χ2v) is 8.46. The number of hydrogen-bond donors (Lipinski definition) is 2. The summed E-state index contributed by atoms with van der Waals surface area (Å²) in [5, 5.41) is 6.85. The standard InChI is InChI=1S/C22H22N14/c1-2-16-26-10-30-20-6-24-8-22-32-12-28-18(36(22)14-34(16)20)4-3-17-27-11-31-21-7-23-5-19-29-9-25-15(1)33(19)13-35(17)21/h1-4,9-12,23-24H,5-8,13-14H2/q+4/b2-1-,4-3-. The van der Waals surface area contributed by atoms with Crippen molar-refractivity contribution >= 4 is 24.3 Å². The first-order chi connectivity index (χ1) is 17.8. The fourth-order valence-electron chi connectivity index (χ4n) is 4.57. The summed E-state index contributed by atoms with van der Waals surface area (Å²) >= 11 is 0. The van der Waals surface area contributed by atoms with Crippen LogP contribution in [0.5, 0.6) is 0 Å². The molecule has 3 aliphatic heterocycles. The summed E-state index contributed by atoms with van der Waals surface area (Å²) in [6.07, 6.45) is 14.2. The van der Waals surface area contributed by atoms with E-state index in [9.17, 15) is 0 Å². The monoisotopic (exact) mass is 482 g/mol. The van der Waals surface area contributed by atoms with Crippen molar-refractivity contribution < 1.29 is 18.3 Å². The highest BCUT2D eigenvalue weighted by Crippen LogP contribution is 2.05. The summed E-state index contributed by atoms with van der Waals surface area (Å²) in [5.74, 6) is 6.42. The van der Waals surface area contributed by atoms with Crippen LogP contribution in [-0.2, 0) is 39.5 Å². The molecular formula is C22H22N14+4. The van der Waals surface area contributed by atoms with Crippen LogP contribution in [0.2, 0.25) is 0 Å². The minimum atomic E-state index is 0.460. The van der Waals surface area contributed by atoms with Crippen molar-refractivity contribution in [3.63, 3.8) is 0 Å². The van der Waals surface area contributed by atoms with Crippen LogP contribution in [0, 0.1) is 0 Å². The first kappa shape index (κ1) is 20.8. The van der Waals surface area contributed by atoms with E-state index in [0.717, 1.165) is 46.6 Å². The third kappa shape index (κ3) is 3.59. The molecule has 0 spiro atoms. The van der Waals surface area contributed by atoms with Crippen LogP contribution in [0.3, 0.4) is 0 Å². The van der Waals surface area contributed by atoms with Crippen molar-refractivity contribution in [2.45, 2.75) is 39.5 Å². The smallest absolute Gasteiger partial charge is 0.269 e. The Bertz CT molecular complexity index is 1330. The summed E-state index contributed by atoms with van der Waals surface area (Å²) in [6.45, 7) is 3.27. The predicted molar refractivity (Wildman–Crippen MR) is 119 cm³/mol. The molecular weight excluding hydrogens is 460 g/mol. The molecule has 7 heterocycles. The SMILES string of the molecule is C1=C\c2ncnc3[n+]2C[n+]2c(ncnc2CNC3)/C=C\c2ncnc3[n+]2C[n+]2c/1ncnc2CNC3. The third-order valence-electron chi connectivity index (χ3n) is 6.40. The van der Waals surface area contributed by atoms with Crippen molar-refractivity contribution in [2.75, 3.05) is 0 Å². The lowest BCUT2D eigenvalue weighted by Crippen LogP contribution is -2.62. The van der Waals surface area contributed by atoms with E-state index in [2.05, 4.69) is 68.8 Å². The van der Waals surface area contributed by atoms with Gasteiger partial charge in [0.05, 0.1) is 26.2 Å². The van der Waals surface area contributed by atoms with Gasteiger partial charge in [-0.05, 0) is 0 Å². The van der Waals surface area contributed by atoms with Gasteiger partial charge in [0.25, 0.3) is 71.9 Å². The molecule has 4 aromatic heterocycles. The molecule has 14 nitrogen and oxygen atoms in total. The lowest BCUT2D eigenvalue weighted by molar-refractivity contribution is -0.926. The van der Waals surface area contributed by atoms with Crippen molar-refractivity contribution in [2.24, 2.45) is 0 Å². The quantitative estimate of drug-likeness (QED) is 0.218. The zero-order valence-corrected chi connectivity index (χ0v) is 19.2. The number of rotatable bonds is 0. The van der Waals surface area contributed by atoms with Crippen LogP contribution in [0.1, 0.15) is 46.6 Å². The minimum absolute atomic E-state index is 0.460. The van der Waals surface area contributed by atoms with Crippen LogP contribution in [0.4, 0.5) is 0 Å². The van der Waals surface area contributed by atoms with Crippen LogP contribution >= 0.6 is 0 Å². The Kier molecular flexibility index (Phi) is 4.96. The fourth-order valence-corrected chi connectivity index (χ4v) is 4.57. The first-order valence-electron chi connectivity index (χ1n) is 11.6. The van der Waals surface area contributed by atoms with Gasteiger partial charge in [0.1, 0.15) is 0 Å². The van der Waals surface area contributed by atoms with Gasteiger partial charge in [0.15, 0.2) is 13.3 Å². The van der Waals surface area contributed by atoms with Crippen LogP contribution in [0.25, 0.3) is 24.3 Å². The fraction of sp³-hybridized carbons (Fsp3) is 0.273. The molecule has 0 unspecified atom stereocenters. The average Bonchev–Trinajstić information content (AvgIpc) is 2.87. The Balaban J connectivity index is 1.50. The van der Waals surface area contributed by atoms with E-state index in [1.807, 2.05) is 24.3 Å². The van der Waals surface area contributed by atoms with Crippen molar-refractivity contribution in [3.8, 4) is 0 Å². The Morgan fingerprint density at radius 2 is 0.694 bits per heavy atom. The molecule has 176 valence electrons. The minimum Gasteiger partial charge on any atom is -0.298 e. The van der Waals surface area contributed by atoms with Gasteiger partial charge in [-0.25, -0.2) is 0 Å². The van der Waals surface area contributed by atoms with Crippen LogP contribution in [0.15, 0.2) is 25.3 Å². The molecule has 0 amide bonds. The topological polar surface area (TPSA) is 143 Å². The van der Waals surface area contributed by atoms with Gasteiger partial charge < -0.3 is 0 Å². The number of nitrogens with one attached hydrogen (secondary N) is 2. The number of hydrogen-bond acceptors (Lipinski definition) is 10. The van der Waals surface area contributed by atoms with E-state index in [1.165, 1.54) is 0 Å². The Labute approximate surface area is 204 Å². The molecule has 2 N–H and O–H groups in total. The summed E-state index contributed by atoms with van der Waals surface area (Å²) in [6, 6.07) is 0. The van der Waals surface area contributed by atoms with Crippen molar-refractivity contribution in [1.82, 2.24) is 50.5 Å². The van der Waals surface area contributed by atoms with E-state index >= 15 is 0 Å². The maximum atomic E-state index is 4.58. The molecule has 0 atom stereocenters. The Hall–Kier alpha value is -4.56. The zero-order chi connectivity index (χ0) is 23.9. The molecule has 4 bridgehead atoms. The largest absolute Gasteiger partial charge is 0.298 e. The van der Waals surface area contributed by atoms with Gasteiger partial charge in [-0.1, -0.05) is 39.9 Å². The highest BCUT2D eigenvalue weighted by molar-refractivity contribution is 5.60. The van der Waals surface area contributed by atoms with Crippen molar-refractivity contribution in [1.29, 1.82) is 0 Å². The van der Waals surface area contributed by atoms with Gasteiger partial charge in [-0.3, -0.25) is 10.6 Å². The van der Waals surface area contributed by atoms with Crippen LogP contribution < -0.4 is 28.9 Å². The molecule has 0 saturated heterocycles. The van der Waals surface area contributed by atoms with E-state index in [-0.39, 0.29) is 0 Å². The van der Waals surface area contributed by atoms with E-state index < -0.39 is 0 Å². The molecule has 0 saturated carbocycles. The molecule has 14 heteroatoms. The number of aromatic nitrogens is 12. The van der Waals surface area contributed by atoms with Gasteiger partial charge >= 0.3 is 0 Å². The van der Waals surface area contributed by atoms with Gasteiger partial charge in [-0.15, -0.1) is 0 Å². The first-order valence-corrected chi connectivity index (χ1v) is 11.6. The summed E-state index contributed by atoms with van der Waals surface area (Å²) in [7, 11) is 0. The molecule has 4 aromatic rings. The van der Waals surface area contributed by atoms with E-state index in [0.29, 0.717) is 39.5 Å². The molecule has 0 aliphatic carbocycles.